The Morgan fingerprint density at radius 3 is 1.58 bits per heavy atom. The lowest BCUT2D eigenvalue weighted by Gasteiger charge is -2.37. The van der Waals surface area contributed by atoms with Gasteiger partial charge in [-0.3, -0.25) is 0 Å². The van der Waals surface area contributed by atoms with Crippen LogP contribution < -0.4 is 0 Å². The molecule has 0 heterocycles. The monoisotopic (exact) mass is 328 g/mol. The molecule has 0 aromatic heterocycles. The molecule has 3 saturated carbocycles. The molecule has 3 fully saturated rings. The molecule has 2 atom stereocenters. The van der Waals surface area contributed by atoms with Crippen LogP contribution >= 0.6 is 0 Å². The quantitative estimate of drug-likeness (QED) is 0.457. The topological polar surface area (TPSA) is 0 Å². The predicted molar refractivity (Wildman–Crippen MR) is 105 cm³/mol. The van der Waals surface area contributed by atoms with Crippen molar-refractivity contribution >= 4 is 0 Å². The molecule has 3 aliphatic rings. The van der Waals surface area contributed by atoms with Gasteiger partial charge in [-0.25, -0.2) is 0 Å². The summed E-state index contributed by atoms with van der Waals surface area (Å²) in [5.74, 6) is 14.5. The van der Waals surface area contributed by atoms with E-state index in [0.717, 1.165) is 35.5 Å². The summed E-state index contributed by atoms with van der Waals surface area (Å²) in [5, 5.41) is 0. The second-order valence-corrected chi connectivity index (χ2v) is 9.98. The fourth-order valence-corrected chi connectivity index (χ4v) is 6.21. The molecular weight excluding hydrogens is 288 g/mol. The average Bonchev–Trinajstić information content (AvgIpc) is 2.55. The van der Waals surface area contributed by atoms with Gasteiger partial charge in [-0.1, -0.05) is 52.4 Å². The van der Waals surface area contributed by atoms with Gasteiger partial charge in [-0.15, -0.1) is 0 Å². The third-order valence-electron chi connectivity index (χ3n) is 7.73. The molecule has 0 bridgehead atoms. The Morgan fingerprint density at radius 1 is 0.542 bits per heavy atom. The highest BCUT2D eigenvalue weighted by atomic mass is 14.4. The van der Waals surface area contributed by atoms with Gasteiger partial charge in [-0.05, 0) is 86.9 Å². The summed E-state index contributed by atoms with van der Waals surface area (Å²) in [6, 6.07) is 0. The highest BCUT2D eigenvalue weighted by Crippen LogP contribution is 2.41. The molecule has 24 heavy (non-hydrogen) atoms. The minimum absolute atomic E-state index is 0.666. The van der Waals surface area contributed by atoms with Crippen LogP contribution in [0.2, 0.25) is 0 Å². The predicted octanol–water partition coefficient (Wildman–Crippen LogP) is 6.94. The zero-order chi connectivity index (χ0) is 17.1. The molecule has 0 nitrogen and oxygen atoms in total. The molecule has 0 radical (unpaired) electrons. The van der Waals surface area contributed by atoms with E-state index in [9.17, 15) is 0 Å². The van der Waals surface area contributed by atoms with Gasteiger partial charge < -0.3 is 0 Å². The van der Waals surface area contributed by atoms with Crippen LogP contribution in [0, 0.1) is 59.2 Å². The first-order valence-electron chi connectivity index (χ1n) is 11.0. The van der Waals surface area contributed by atoms with E-state index in [4.69, 9.17) is 0 Å². The Kier molecular flexibility index (Phi) is 6.34. The smallest absolute Gasteiger partial charge is 0.0254 e. The lowest BCUT2D eigenvalue weighted by Crippen LogP contribution is -2.28. The van der Waals surface area contributed by atoms with Crippen LogP contribution in [0.5, 0.6) is 0 Å². The van der Waals surface area contributed by atoms with Crippen molar-refractivity contribution in [3.8, 4) is 11.8 Å². The van der Waals surface area contributed by atoms with Crippen molar-refractivity contribution in [2.45, 2.75) is 91.9 Å². The van der Waals surface area contributed by atoms with Gasteiger partial charge in [0, 0.05) is 11.8 Å². The average molecular weight is 329 g/mol. The summed E-state index contributed by atoms with van der Waals surface area (Å²) in [4.78, 5) is 0. The molecule has 0 N–H and O–H groups in total. The fourth-order valence-electron chi connectivity index (χ4n) is 6.21. The molecule has 0 amide bonds. The molecular formula is C24H40. The molecule has 0 spiro atoms. The van der Waals surface area contributed by atoms with Gasteiger partial charge in [0.05, 0.1) is 0 Å². The summed E-state index contributed by atoms with van der Waals surface area (Å²) >= 11 is 0. The van der Waals surface area contributed by atoms with Crippen LogP contribution in [0.15, 0.2) is 0 Å². The first-order valence-corrected chi connectivity index (χ1v) is 11.0. The van der Waals surface area contributed by atoms with E-state index in [1.54, 1.807) is 0 Å². The lowest BCUT2D eigenvalue weighted by atomic mass is 9.68. The van der Waals surface area contributed by atoms with Gasteiger partial charge >= 0.3 is 0 Å². The lowest BCUT2D eigenvalue weighted by molar-refractivity contribution is 0.161. The number of rotatable bonds is 1. The van der Waals surface area contributed by atoms with Crippen LogP contribution in [0.3, 0.4) is 0 Å². The van der Waals surface area contributed by atoms with E-state index >= 15 is 0 Å². The van der Waals surface area contributed by atoms with E-state index in [0.29, 0.717) is 11.8 Å². The van der Waals surface area contributed by atoms with Gasteiger partial charge in [0.1, 0.15) is 0 Å². The van der Waals surface area contributed by atoms with Crippen molar-refractivity contribution in [3.63, 3.8) is 0 Å². The molecule has 0 aliphatic heterocycles. The first kappa shape index (κ1) is 18.4. The van der Waals surface area contributed by atoms with Crippen LogP contribution in [-0.2, 0) is 0 Å². The summed E-state index contributed by atoms with van der Waals surface area (Å²) in [6.45, 7) is 9.74. The minimum Gasteiger partial charge on any atom is -0.0996 e. The Morgan fingerprint density at radius 2 is 1.04 bits per heavy atom. The van der Waals surface area contributed by atoms with Gasteiger partial charge in [0.25, 0.3) is 0 Å². The molecule has 0 aromatic rings. The zero-order valence-corrected chi connectivity index (χ0v) is 16.7. The molecule has 3 rings (SSSR count). The third kappa shape index (κ3) is 4.59. The van der Waals surface area contributed by atoms with E-state index in [1.807, 2.05) is 0 Å². The van der Waals surface area contributed by atoms with Crippen molar-refractivity contribution in [2.24, 2.45) is 47.3 Å². The van der Waals surface area contributed by atoms with E-state index < -0.39 is 0 Å². The van der Waals surface area contributed by atoms with E-state index in [2.05, 4.69) is 39.5 Å². The van der Waals surface area contributed by atoms with Crippen molar-refractivity contribution in [3.05, 3.63) is 0 Å². The molecule has 3 aliphatic carbocycles. The maximum absolute atomic E-state index is 3.76. The van der Waals surface area contributed by atoms with Gasteiger partial charge in [-0.2, -0.15) is 0 Å². The Hall–Kier alpha value is -0.440. The molecule has 0 saturated heterocycles. The van der Waals surface area contributed by atoms with Crippen molar-refractivity contribution in [1.82, 2.24) is 0 Å². The van der Waals surface area contributed by atoms with Crippen molar-refractivity contribution in [2.75, 3.05) is 0 Å². The SMILES string of the molecule is CC1CCC(C2CCC(C#CC3C(C)CC(C)CC3C)CC2)CC1. The highest BCUT2D eigenvalue weighted by Gasteiger charge is 2.31. The second kappa shape index (κ2) is 8.29. The normalized spacial score (nSPS) is 46.8. The zero-order valence-electron chi connectivity index (χ0n) is 16.7. The Balaban J connectivity index is 1.47. The Bertz CT molecular complexity index is 424. The fraction of sp³-hybridized carbons (Fsp3) is 0.917. The molecule has 2 unspecified atom stereocenters. The maximum atomic E-state index is 3.76. The number of hydrogen-bond donors (Lipinski definition) is 0. The van der Waals surface area contributed by atoms with Crippen LogP contribution in [0.1, 0.15) is 91.9 Å². The summed E-state index contributed by atoms with van der Waals surface area (Å²) in [5.41, 5.74) is 0. The molecule has 0 aromatic carbocycles. The van der Waals surface area contributed by atoms with Crippen LogP contribution in [-0.4, -0.2) is 0 Å². The van der Waals surface area contributed by atoms with E-state index in [1.165, 1.54) is 64.2 Å². The van der Waals surface area contributed by atoms with Crippen LogP contribution in [0.4, 0.5) is 0 Å². The van der Waals surface area contributed by atoms with Gasteiger partial charge in [0.15, 0.2) is 0 Å². The Labute approximate surface area is 151 Å². The highest BCUT2D eigenvalue weighted by molar-refractivity contribution is 5.11. The van der Waals surface area contributed by atoms with Crippen molar-refractivity contribution in [1.29, 1.82) is 0 Å². The van der Waals surface area contributed by atoms with Gasteiger partial charge in [0.2, 0.25) is 0 Å². The summed E-state index contributed by atoms with van der Waals surface area (Å²) in [6.07, 6.45) is 14.5. The van der Waals surface area contributed by atoms with Crippen molar-refractivity contribution < 1.29 is 0 Å². The van der Waals surface area contributed by atoms with Crippen LogP contribution in [0.25, 0.3) is 0 Å². The molecule has 136 valence electrons. The molecule has 0 heteroatoms. The minimum atomic E-state index is 0.666. The largest absolute Gasteiger partial charge is 0.0996 e. The maximum Gasteiger partial charge on any atom is 0.0254 e. The first-order chi connectivity index (χ1) is 11.5. The third-order valence-corrected chi connectivity index (χ3v) is 7.73. The summed E-state index contributed by atoms with van der Waals surface area (Å²) in [7, 11) is 0. The van der Waals surface area contributed by atoms with E-state index in [-0.39, 0.29) is 0 Å². The second-order valence-electron chi connectivity index (χ2n) is 9.98. The standard InChI is InChI=1S/C24H40/c1-17-5-10-22(11-6-17)23-12-7-21(8-13-23)9-14-24-19(3)15-18(2)16-20(24)4/h17-24H,5-8,10-13,15-16H2,1-4H3. The summed E-state index contributed by atoms with van der Waals surface area (Å²) < 4.78 is 0. The number of hydrogen-bond acceptors (Lipinski definition) is 0.